The predicted octanol–water partition coefficient (Wildman–Crippen LogP) is 2.85. The molecule has 1 unspecified atom stereocenters. The minimum absolute atomic E-state index is 0.0102. The fraction of sp³-hybridized carbons (Fsp3) is 0.381. The Balaban J connectivity index is 1.85. The van der Waals surface area contributed by atoms with E-state index in [1.165, 1.54) is 32.2 Å². The number of nitrogens with one attached hydrogen (secondary N) is 2. The molecule has 3 rings (SSSR count). The van der Waals surface area contributed by atoms with E-state index in [2.05, 4.69) is 10.0 Å². The molecule has 0 radical (unpaired) electrons. The van der Waals surface area contributed by atoms with Gasteiger partial charge in [-0.3, -0.25) is 4.79 Å². The van der Waals surface area contributed by atoms with Crippen molar-refractivity contribution in [1.29, 1.82) is 0 Å². The number of sulfonamides is 1. The first-order valence-corrected chi connectivity index (χ1v) is 11.1. The zero-order chi connectivity index (χ0) is 21.9. The number of fused-ring (bicyclic) bond motifs is 1. The van der Waals surface area contributed by atoms with Crippen molar-refractivity contribution in [2.45, 2.75) is 44.7 Å². The Morgan fingerprint density at radius 3 is 2.67 bits per heavy atom. The molecule has 8 nitrogen and oxygen atoms in total. The number of benzene rings is 2. The van der Waals surface area contributed by atoms with Crippen LogP contribution in [-0.2, 0) is 27.8 Å². The number of anilines is 1. The van der Waals surface area contributed by atoms with Crippen LogP contribution in [0.5, 0.6) is 17.2 Å². The predicted molar refractivity (Wildman–Crippen MR) is 113 cm³/mol. The van der Waals surface area contributed by atoms with E-state index in [-0.39, 0.29) is 29.1 Å². The van der Waals surface area contributed by atoms with Crippen LogP contribution in [0.3, 0.4) is 0 Å². The Labute approximate surface area is 176 Å². The monoisotopic (exact) mass is 434 g/mol. The number of methoxy groups -OCH3 is 1. The molecule has 2 N–H and O–H groups in total. The molecule has 0 fully saturated rings. The molecule has 0 spiro atoms. The number of ether oxygens (including phenoxy) is 3. The van der Waals surface area contributed by atoms with E-state index in [9.17, 15) is 13.2 Å². The van der Waals surface area contributed by atoms with Crippen LogP contribution in [-0.4, -0.2) is 34.1 Å². The zero-order valence-corrected chi connectivity index (χ0v) is 18.3. The summed E-state index contributed by atoms with van der Waals surface area (Å²) in [6, 6.07) is 8.01. The summed E-state index contributed by atoms with van der Waals surface area (Å²) in [5, 5.41) is 2.58. The third-order valence-corrected chi connectivity index (χ3v) is 6.02. The van der Waals surface area contributed by atoms with Gasteiger partial charge in [0.25, 0.3) is 0 Å². The summed E-state index contributed by atoms with van der Waals surface area (Å²) in [4.78, 5) is 11.4. The highest BCUT2D eigenvalue weighted by atomic mass is 32.2. The lowest BCUT2D eigenvalue weighted by atomic mass is 10.1. The molecule has 2 aromatic carbocycles. The van der Waals surface area contributed by atoms with Crippen molar-refractivity contribution in [2.75, 3.05) is 19.0 Å². The molecule has 30 heavy (non-hydrogen) atoms. The summed E-state index contributed by atoms with van der Waals surface area (Å²) < 4.78 is 45.0. The number of hydrogen-bond donors (Lipinski definition) is 2. The van der Waals surface area contributed by atoms with Gasteiger partial charge in [0, 0.05) is 31.0 Å². The lowest BCUT2D eigenvalue weighted by molar-refractivity contribution is -0.114. The fourth-order valence-electron chi connectivity index (χ4n) is 3.31. The zero-order valence-electron chi connectivity index (χ0n) is 17.4. The van der Waals surface area contributed by atoms with E-state index >= 15 is 0 Å². The maximum absolute atomic E-state index is 12.9. The fourth-order valence-corrected chi connectivity index (χ4v) is 4.34. The van der Waals surface area contributed by atoms with Gasteiger partial charge in [0.2, 0.25) is 15.9 Å². The summed E-state index contributed by atoms with van der Waals surface area (Å²) in [6.07, 6.45) is 0.868. The van der Waals surface area contributed by atoms with E-state index < -0.39 is 10.0 Å². The van der Waals surface area contributed by atoms with Gasteiger partial charge in [0.15, 0.2) is 0 Å². The van der Waals surface area contributed by atoms with E-state index in [1.807, 2.05) is 26.0 Å². The largest absolute Gasteiger partial charge is 0.495 e. The van der Waals surface area contributed by atoms with E-state index in [4.69, 9.17) is 14.2 Å². The van der Waals surface area contributed by atoms with Gasteiger partial charge in [-0.25, -0.2) is 13.1 Å². The van der Waals surface area contributed by atoms with E-state index in [0.717, 1.165) is 17.7 Å². The molecule has 1 amide bonds. The van der Waals surface area contributed by atoms with Crippen LogP contribution in [0.15, 0.2) is 35.2 Å². The third kappa shape index (κ3) is 4.85. The maximum Gasteiger partial charge on any atom is 0.240 e. The molecular formula is C21H26N2O6S. The first-order valence-electron chi connectivity index (χ1n) is 9.64. The van der Waals surface area contributed by atoms with Gasteiger partial charge >= 0.3 is 0 Å². The first-order chi connectivity index (χ1) is 14.2. The van der Waals surface area contributed by atoms with Crippen molar-refractivity contribution in [1.82, 2.24) is 4.72 Å². The minimum Gasteiger partial charge on any atom is -0.495 e. The Morgan fingerprint density at radius 1 is 1.23 bits per heavy atom. The molecule has 1 aliphatic rings. The molecule has 0 aromatic heterocycles. The van der Waals surface area contributed by atoms with Crippen LogP contribution in [0, 0.1) is 0 Å². The average Bonchev–Trinajstić information content (AvgIpc) is 3.04. The molecule has 0 aliphatic carbocycles. The van der Waals surface area contributed by atoms with Crippen molar-refractivity contribution in [3.8, 4) is 17.2 Å². The van der Waals surface area contributed by atoms with Gasteiger partial charge in [0.05, 0.1) is 24.3 Å². The van der Waals surface area contributed by atoms with Crippen molar-refractivity contribution in [2.24, 2.45) is 0 Å². The Morgan fingerprint density at radius 2 is 2.00 bits per heavy atom. The van der Waals surface area contributed by atoms with Gasteiger partial charge in [-0.15, -0.1) is 0 Å². The van der Waals surface area contributed by atoms with Gasteiger partial charge in [-0.2, -0.15) is 0 Å². The highest BCUT2D eigenvalue weighted by Crippen LogP contribution is 2.35. The smallest absolute Gasteiger partial charge is 0.240 e. The molecule has 1 aliphatic heterocycles. The van der Waals surface area contributed by atoms with Crippen LogP contribution in [0.2, 0.25) is 0 Å². The van der Waals surface area contributed by atoms with Crippen LogP contribution < -0.4 is 24.2 Å². The number of carbonyl (C=O) groups excluding carboxylic acids is 1. The number of hydrogen-bond acceptors (Lipinski definition) is 6. The third-order valence-electron chi connectivity index (χ3n) is 4.62. The molecule has 0 saturated heterocycles. The molecule has 1 heterocycles. The highest BCUT2D eigenvalue weighted by Gasteiger charge is 2.23. The molecular weight excluding hydrogens is 408 g/mol. The summed E-state index contributed by atoms with van der Waals surface area (Å²) in [5.74, 6) is 1.42. The Kier molecular flexibility index (Phi) is 6.52. The molecule has 2 aromatic rings. The number of amides is 1. The Hall–Kier alpha value is -2.78. The van der Waals surface area contributed by atoms with Crippen molar-refractivity contribution < 1.29 is 27.4 Å². The second-order valence-electron chi connectivity index (χ2n) is 7.00. The standard InChI is InChI=1S/C21H26N2O6S/c1-5-28-20-9-15-8-13(2)29-21(15)10-16(20)12-22-30(25,26)17-6-7-19(27-4)18(11-17)23-14(3)24/h6-7,9-11,13,22H,5,8,12H2,1-4H3,(H,23,24). The normalized spacial score (nSPS) is 15.3. The van der Waals surface area contributed by atoms with Crippen LogP contribution in [0.25, 0.3) is 0 Å². The summed E-state index contributed by atoms with van der Waals surface area (Å²) in [5.41, 5.74) is 2.01. The summed E-state index contributed by atoms with van der Waals surface area (Å²) >= 11 is 0. The van der Waals surface area contributed by atoms with Crippen molar-refractivity contribution in [3.05, 3.63) is 41.5 Å². The summed E-state index contributed by atoms with van der Waals surface area (Å²) in [7, 11) is -2.41. The first kappa shape index (κ1) is 21.9. The van der Waals surface area contributed by atoms with Crippen LogP contribution in [0.4, 0.5) is 5.69 Å². The second-order valence-corrected chi connectivity index (χ2v) is 8.77. The second kappa shape index (κ2) is 8.93. The van der Waals surface area contributed by atoms with Gasteiger partial charge in [-0.1, -0.05) is 0 Å². The van der Waals surface area contributed by atoms with Gasteiger partial charge < -0.3 is 19.5 Å². The van der Waals surface area contributed by atoms with Gasteiger partial charge in [-0.05, 0) is 44.2 Å². The molecule has 1 atom stereocenters. The quantitative estimate of drug-likeness (QED) is 0.662. The topological polar surface area (TPSA) is 103 Å². The number of rotatable bonds is 8. The van der Waals surface area contributed by atoms with E-state index in [1.54, 1.807) is 0 Å². The molecule has 0 bridgehead atoms. The molecule has 0 saturated carbocycles. The minimum atomic E-state index is -3.85. The average molecular weight is 435 g/mol. The van der Waals surface area contributed by atoms with Crippen molar-refractivity contribution >= 4 is 21.6 Å². The van der Waals surface area contributed by atoms with Crippen LogP contribution in [0.1, 0.15) is 31.9 Å². The number of carbonyl (C=O) groups is 1. The van der Waals surface area contributed by atoms with E-state index in [0.29, 0.717) is 23.7 Å². The van der Waals surface area contributed by atoms with Crippen molar-refractivity contribution in [3.63, 3.8) is 0 Å². The molecule has 9 heteroatoms. The maximum atomic E-state index is 12.9. The Bertz CT molecular complexity index is 1050. The highest BCUT2D eigenvalue weighted by molar-refractivity contribution is 7.89. The van der Waals surface area contributed by atoms with Gasteiger partial charge in [0.1, 0.15) is 23.4 Å². The summed E-state index contributed by atoms with van der Waals surface area (Å²) in [6.45, 7) is 5.70. The molecule has 162 valence electrons. The lowest BCUT2D eigenvalue weighted by Gasteiger charge is -2.15. The lowest BCUT2D eigenvalue weighted by Crippen LogP contribution is -2.24. The van der Waals surface area contributed by atoms with Crippen LogP contribution >= 0.6 is 0 Å². The SMILES string of the molecule is CCOc1cc2c(cc1CNS(=O)(=O)c1ccc(OC)c(NC(C)=O)c1)OC(C)C2.